The first-order valence-electron chi connectivity index (χ1n) is 7.45. The minimum atomic E-state index is -0.0660. The molecule has 0 aliphatic heterocycles. The zero-order chi connectivity index (χ0) is 17.1. The van der Waals surface area contributed by atoms with E-state index in [1.807, 2.05) is 67.6 Å². The summed E-state index contributed by atoms with van der Waals surface area (Å²) in [6.07, 6.45) is 0. The van der Waals surface area contributed by atoms with Gasteiger partial charge in [0.25, 0.3) is 5.91 Å². The fraction of sp³-hybridized carbons (Fsp3) is 0.105. The Hall–Kier alpha value is -1.62. The molecule has 1 amide bonds. The molecular formula is C19H15BrClNOS. The summed E-state index contributed by atoms with van der Waals surface area (Å²) in [5.74, 6) is -0.0660. The van der Waals surface area contributed by atoms with Crippen LogP contribution in [0, 0.1) is 0 Å². The van der Waals surface area contributed by atoms with Crippen LogP contribution in [-0.2, 0) is 0 Å². The molecule has 0 radical (unpaired) electrons. The number of nitrogens with one attached hydrogen (secondary N) is 1. The lowest BCUT2D eigenvalue weighted by atomic mass is 10.1. The van der Waals surface area contributed by atoms with Gasteiger partial charge in [0.05, 0.1) is 10.9 Å². The summed E-state index contributed by atoms with van der Waals surface area (Å²) in [7, 11) is 0. The van der Waals surface area contributed by atoms with Crippen LogP contribution in [0.25, 0.3) is 10.4 Å². The molecule has 1 aromatic heterocycles. The normalized spacial score (nSPS) is 12.0. The topological polar surface area (TPSA) is 29.1 Å². The first-order valence-corrected chi connectivity index (χ1v) is 9.44. The van der Waals surface area contributed by atoms with E-state index in [9.17, 15) is 4.79 Å². The Kier molecular flexibility index (Phi) is 5.39. The number of carbonyl (C=O) groups is 1. The summed E-state index contributed by atoms with van der Waals surface area (Å²) in [4.78, 5) is 14.2. The van der Waals surface area contributed by atoms with E-state index in [4.69, 9.17) is 11.6 Å². The number of rotatable bonds is 4. The highest BCUT2D eigenvalue weighted by Gasteiger charge is 2.14. The van der Waals surface area contributed by atoms with E-state index in [0.717, 1.165) is 20.5 Å². The fourth-order valence-electron chi connectivity index (χ4n) is 2.36. The second-order valence-electron chi connectivity index (χ2n) is 5.42. The van der Waals surface area contributed by atoms with Crippen LogP contribution in [0.2, 0.25) is 5.02 Å². The minimum absolute atomic E-state index is 0.0534. The monoisotopic (exact) mass is 419 g/mol. The van der Waals surface area contributed by atoms with Gasteiger partial charge in [-0.3, -0.25) is 4.79 Å². The van der Waals surface area contributed by atoms with Crippen molar-refractivity contribution < 1.29 is 4.79 Å². The Balaban J connectivity index is 1.73. The molecule has 0 spiro atoms. The highest BCUT2D eigenvalue weighted by molar-refractivity contribution is 9.10. The van der Waals surface area contributed by atoms with Crippen LogP contribution in [0.1, 0.15) is 28.2 Å². The molecule has 1 unspecified atom stereocenters. The van der Waals surface area contributed by atoms with E-state index in [-0.39, 0.29) is 11.9 Å². The molecule has 0 saturated heterocycles. The van der Waals surface area contributed by atoms with Gasteiger partial charge in [-0.2, -0.15) is 0 Å². The van der Waals surface area contributed by atoms with E-state index in [1.54, 1.807) is 0 Å². The van der Waals surface area contributed by atoms with Gasteiger partial charge in [0.1, 0.15) is 0 Å². The van der Waals surface area contributed by atoms with Gasteiger partial charge in [-0.05, 0) is 54.4 Å². The molecule has 1 atom stereocenters. The van der Waals surface area contributed by atoms with Crippen LogP contribution in [0.15, 0.2) is 65.1 Å². The van der Waals surface area contributed by atoms with Gasteiger partial charge in [-0.1, -0.05) is 51.8 Å². The van der Waals surface area contributed by atoms with E-state index in [0.29, 0.717) is 9.90 Å². The maximum Gasteiger partial charge on any atom is 0.261 e. The number of benzene rings is 2. The molecule has 3 rings (SSSR count). The highest BCUT2D eigenvalue weighted by atomic mass is 79.9. The first-order chi connectivity index (χ1) is 11.5. The first kappa shape index (κ1) is 17.2. The van der Waals surface area contributed by atoms with Crippen molar-refractivity contribution in [2.75, 3.05) is 0 Å². The summed E-state index contributed by atoms with van der Waals surface area (Å²) >= 11 is 10.9. The fourth-order valence-corrected chi connectivity index (χ4v) is 3.72. The Labute approximate surface area is 158 Å². The molecule has 2 nitrogen and oxygen atoms in total. The van der Waals surface area contributed by atoms with Crippen LogP contribution in [0.3, 0.4) is 0 Å². The molecule has 0 aliphatic carbocycles. The van der Waals surface area contributed by atoms with Gasteiger partial charge in [-0.25, -0.2) is 0 Å². The largest absolute Gasteiger partial charge is 0.345 e. The molecular weight excluding hydrogens is 406 g/mol. The average Bonchev–Trinajstić information content (AvgIpc) is 3.05. The third kappa shape index (κ3) is 4.07. The Morgan fingerprint density at radius 3 is 2.58 bits per heavy atom. The van der Waals surface area contributed by atoms with Crippen molar-refractivity contribution in [3.63, 3.8) is 0 Å². The SMILES string of the molecule is CC(NC(=O)c1ccc(-c2cccc(Cl)c2)s1)c1ccc(Br)cc1. The van der Waals surface area contributed by atoms with Crippen molar-refractivity contribution in [2.45, 2.75) is 13.0 Å². The van der Waals surface area contributed by atoms with Crippen molar-refractivity contribution in [1.82, 2.24) is 5.32 Å². The molecule has 24 heavy (non-hydrogen) atoms. The highest BCUT2D eigenvalue weighted by Crippen LogP contribution is 2.30. The predicted octanol–water partition coefficient (Wildman–Crippen LogP) is 6.32. The third-order valence-corrected chi connectivity index (χ3v) is 5.55. The molecule has 122 valence electrons. The summed E-state index contributed by atoms with van der Waals surface area (Å²) < 4.78 is 1.02. The predicted molar refractivity (Wildman–Crippen MR) is 105 cm³/mol. The van der Waals surface area contributed by atoms with Gasteiger partial charge in [0.15, 0.2) is 0 Å². The van der Waals surface area contributed by atoms with Crippen LogP contribution in [0.4, 0.5) is 0 Å². The standard InChI is InChI=1S/C19H15BrClNOS/c1-12(13-5-7-15(20)8-6-13)22-19(23)18-10-9-17(24-18)14-3-2-4-16(21)11-14/h2-12H,1H3,(H,22,23). The molecule has 0 bridgehead atoms. The third-order valence-electron chi connectivity index (χ3n) is 3.66. The molecule has 5 heteroatoms. The van der Waals surface area contributed by atoms with Crippen LogP contribution in [-0.4, -0.2) is 5.91 Å². The number of hydrogen-bond acceptors (Lipinski definition) is 2. The zero-order valence-corrected chi connectivity index (χ0v) is 16.1. The Morgan fingerprint density at radius 1 is 1.12 bits per heavy atom. The summed E-state index contributed by atoms with van der Waals surface area (Å²) in [6.45, 7) is 1.98. The summed E-state index contributed by atoms with van der Waals surface area (Å²) in [6, 6.07) is 19.3. The van der Waals surface area contributed by atoms with Gasteiger partial charge in [0, 0.05) is 14.4 Å². The number of amides is 1. The van der Waals surface area contributed by atoms with Crippen LogP contribution >= 0.6 is 38.9 Å². The van der Waals surface area contributed by atoms with Crippen LogP contribution in [0.5, 0.6) is 0 Å². The van der Waals surface area contributed by atoms with Crippen molar-refractivity contribution in [2.24, 2.45) is 0 Å². The van der Waals surface area contributed by atoms with Crippen molar-refractivity contribution >= 4 is 44.8 Å². The second kappa shape index (κ2) is 7.51. The maximum absolute atomic E-state index is 12.5. The van der Waals surface area contributed by atoms with E-state index in [1.165, 1.54) is 11.3 Å². The lowest BCUT2D eigenvalue weighted by Crippen LogP contribution is -2.25. The quantitative estimate of drug-likeness (QED) is 0.525. The van der Waals surface area contributed by atoms with Crippen molar-refractivity contribution in [3.05, 3.63) is 80.6 Å². The van der Waals surface area contributed by atoms with E-state index >= 15 is 0 Å². The lowest BCUT2D eigenvalue weighted by Gasteiger charge is -2.13. The van der Waals surface area contributed by atoms with Crippen molar-refractivity contribution in [3.8, 4) is 10.4 Å². The molecule has 0 aliphatic rings. The molecule has 0 saturated carbocycles. The maximum atomic E-state index is 12.5. The minimum Gasteiger partial charge on any atom is -0.345 e. The Bertz CT molecular complexity index is 860. The zero-order valence-electron chi connectivity index (χ0n) is 12.9. The lowest BCUT2D eigenvalue weighted by molar-refractivity contribution is 0.0944. The summed E-state index contributed by atoms with van der Waals surface area (Å²) in [5.41, 5.74) is 2.09. The molecule has 2 aromatic carbocycles. The van der Waals surface area contributed by atoms with Gasteiger partial charge in [0.2, 0.25) is 0 Å². The molecule has 1 N–H and O–H groups in total. The van der Waals surface area contributed by atoms with Gasteiger partial charge in [-0.15, -0.1) is 11.3 Å². The summed E-state index contributed by atoms with van der Waals surface area (Å²) in [5, 5.41) is 3.73. The molecule has 0 fully saturated rings. The molecule has 3 aromatic rings. The van der Waals surface area contributed by atoms with Crippen LogP contribution < -0.4 is 5.32 Å². The smallest absolute Gasteiger partial charge is 0.261 e. The Morgan fingerprint density at radius 2 is 1.88 bits per heavy atom. The van der Waals surface area contributed by atoms with Gasteiger partial charge >= 0.3 is 0 Å². The molecule has 1 heterocycles. The van der Waals surface area contributed by atoms with E-state index in [2.05, 4.69) is 21.2 Å². The number of carbonyl (C=O) groups excluding carboxylic acids is 1. The number of halogens is 2. The van der Waals surface area contributed by atoms with E-state index < -0.39 is 0 Å². The van der Waals surface area contributed by atoms with Crippen molar-refractivity contribution in [1.29, 1.82) is 0 Å². The van der Waals surface area contributed by atoms with Gasteiger partial charge < -0.3 is 5.32 Å². The number of hydrogen-bond donors (Lipinski definition) is 1. The average molecular weight is 421 g/mol. The number of thiophene rings is 1. The second-order valence-corrected chi connectivity index (χ2v) is 7.86.